The molecule has 1 fully saturated rings. The van der Waals surface area contributed by atoms with Crippen LogP contribution in [0, 0.1) is 0 Å². The maximum atomic E-state index is 12.0. The van der Waals surface area contributed by atoms with Gasteiger partial charge in [0.2, 0.25) is 5.91 Å². The molecule has 1 heterocycles. The number of aliphatic hydroxyl groups is 1. The van der Waals surface area contributed by atoms with Crippen molar-refractivity contribution in [1.29, 1.82) is 0 Å². The van der Waals surface area contributed by atoms with Gasteiger partial charge in [0.05, 0.1) is 18.3 Å². The molecule has 0 saturated carbocycles. The molecule has 5 heteroatoms. The molecule has 1 saturated heterocycles. The van der Waals surface area contributed by atoms with Crippen LogP contribution in [0.1, 0.15) is 12.8 Å². The molecule has 0 aliphatic carbocycles. The summed E-state index contributed by atoms with van der Waals surface area (Å²) in [5.41, 5.74) is 0.859. The molecule has 1 unspecified atom stereocenters. The number of nitrogens with zero attached hydrogens (tertiary/aromatic N) is 1. The number of benzene rings is 1. The number of amides is 1. The fourth-order valence-corrected chi connectivity index (χ4v) is 2.87. The van der Waals surface area contributed by atoms with E-state index in [0.717, 1.165) is 30.0 Å². The molecule has 0 aromatic heterocycles. The zero-order valence-corrected chi connectivity index (χ0v) is 11.9. The van der Waals surface area contributed by atoms with Gasteiger partial charge in [-0.2, -0.15) is 0 Å². The van der Waals surface area contributed by atoms with Crippen molar-refractivity contribution in [2.75, 3.05) is 31.2 Å². The van der Waals surface area contributed by atoms with Gasteiger partial charge in [-0.15, -0.1) is 11.8 Å². The topological polar surface area (TPSA) is 52.6 Å². The molecular weight excluding hydrogens is 260 g/mol. The van der Waals surface area contributed by atoms with Gasteiger partial charge in [-0.1, -0.05) is 12.1 Å². The zero-order chi connectivity index (χ0) is 13.7. The van der Waals surface area contributed by atoms with E-state index in [0.29, 0.717) is 13.1 Å². The number of aliphatic hydroxyl groups excluding tert-OH is 1. The molecule has 0 bridgehead atoms. The van der Waals surface area contributed by atoms with Gasteiger partial charge in [0, 0.05) is 11.4 Å². The number of rotatable bonds is 4. The van der Waals surface area contributed by atoms with Crippen LogP contribution in [0.25, 0.3) is 0 Å². The Bertz CT molecular complexity index is 439. The second-order valence-electron chi connectivity index (χ2n) is 4.78. The summed E-state index contributed by atoms with van der Waals surface area (Å²) in [7, 11) is 0. The summed E-state index contributed by atoms with van der Waals surface area (Å²) >= 11 is 1.62. The Balaban J connectivity index is 1.90. The van der Waals surface area contributed by atoms with Crippen molar-refractivity contribution in [1.82, 2.24) is 4.90 Å². The largest absolute Gasteiger partial charge is 0.392 e. The van der Waals surface area contributed by atoms with Crippen LogP contribution >= 0.6 is 11.8 Å². The summed E-state index contributed by atoms with van der Waals surface area (Å²) in [6.07, 6.45) is 3.50. The summed E-state index contributed by atoms with van der Waals surface area (Å²) in [5.74, 6) is -0.0180. The average Bonchev–Trinajstić information content (AvgIpc) is 2.39. The number of carbonyl (C=O) groups is 1. The van der Waals surface area contributed by atoms with E-state index in [1.54, 1.807) is 11.8 Å². The number of anilines is 1. The minimum atomic E-state index is -0.292. The molecule has 1 aromatic rings. The molecule has 1 amide bonds. The van der Waals surface area contributed by atoms with Gasteiger partial charge in [-0.3, -0.25) is 9.69 Å². The maximum Gasteiger partial charge on any atom is 0.238 e. The molecule has 0 radical (unpaired) electrons. The minimum absolute atomic E-state index is 0.0180. The number of carbonyl (C=O) groups excluding carboxylic acids is 1. The van der Waals surface area contributed by atoms with E-state index < -0.39 is 0 Å². The molecule has 2 rings (SSSR count). The second kappa shape index (κ2) is 6.93. The molecule has 19 heavy (non-hydrogen) atoms. The summed E-state index contributed by atoms with van der Waals surface area (Å²) in [6.45, 7) is 1.83. The first-order chi connectivity index (χ1) is 9.19. The van der Waals surface area contributed by atoms with Crippen molar-refractivity contribution < 1.29 is 9.90 Å². The lowest BCUT2D eigenvalue weighted by molar-refractivity contribution is -0.118. The van der Waals surface area contributed by atoms with Crippen molar-refractivity contribution in [3.8, 4) is 0 Å². The lowest BCUT2D eigenvalue weighted by Crippen LogP contribution is -2.42. The minimum Gasteiger partial charge on any atom is -0.392 e. The Morgan fingerprint density at radius 1 is 1.53 bits per heavy atom. The van der Waals surface area contributed by atoms with E-state index in [1.807, 2.05) is 35.4 Å². The van der Waals surface area contributed by atoms with Gasteiger partial charge in [0.25, 0.3) is 0 Å². The first kappa shape index (κ1) is 14.4. The summed E-state index contributed by atoms with van der Waals surface area (Å²) in [5, 5.41) is 12.5. The summed E-state index contributed by atoms with van der Waals surface area (Å²) in [4.78, 5) is 15.1. The highest BCUT2D eigenvalue weighted by Gasteiger charge is 2.19. The summed E-state index contributed by atoms with van der Waals surface area (Å²) < 4.78 is 0. The zero-order valence-electron chi connectivity index (χ0n) is 11.1. The van der Waals surface area contributed by atoms with Crippen LogP contribution in [0.2, 0.25) is 0 Å². The Morgan fingerprint density at radius 3 is 3.05 bits per heavy atom. The second-order valence-corrected chi connectivity index (χ2v) is 5.63. The van der Waals surface area contributed by atoms with E-state index in [2.05, 4.69) is 5.32 Å². The number of piperidine rings is 1. The molecule has 0 spiro atoms. The third kappa shape index (κ3) is 4.23. The monoisotopic (exact) mass is 280 g/mol. The molecule has 104 valence electrons. The van der Waals surface area contributed by atoms with E-state index in [4.69, 9.17) is 0 Å². The van der Waals surface area contributed by atoms with Crippen LogP contribution in [-0.2, 0) is 4.79 Å². The van der Waals surface area contributed by atoms with Crippen molar-refractivity contribution in [3.63, 3.8) is 0 Å². The number of hydrogen-bond acceptors (Lipinski definition) is 4. The summed E-state index contributed by atoms with van der Waals surface area (Å²) in [6, 6.07) is 7.78. The van der Waals surface area contributed by atoms with Crippen LogP contribution in [0.15, 0.2) is 29.2 Å². The molecule has 1 aliphatic rings. The molecule has 1 atom stereocenters. The number of nitrogens with one attached hydrogen (secondary N) is 1. The number of para-hydroxylation sites is 1. The number of β-amino-alcohol motifs (C(OH)–C–C–N with tert-alkyl or cyclic N) is 1. The lowest BCUT2D eigenvalue weighted by atomic mass is 10.1. The van der Waals surface area contributed by atoms with Crippen LogP contribution in [0.3, 0.4) is 0 Å². The van der Waals surface area contributed by atoms with E-state index in [1.165, 1.54) is 0 Å². The predicted molar refractivity (Wildman–Crippen MR) is 78.5 cm³/mol. The fourth-order valence-electron chi connectivity index (χ4n) is 2.32. The first-order valence-electron chi connectivity index (χ1n) is 6.52. The standard InChI is InChI=1S/C14H20N2O2S/c1-19-13-7-3-2-6-12(13)15-14(18)10-16-8-4-5-11(17)9-16/h2-3,6-7,11,17H,4-5,8-10H2,1H3,(H,15,18). The van der Waals surface area contributed by atoms with Crippen LogP contribution in [0.4, 0.5) is 5.69 Å². The van der Waals surface area contributed by atoms with Gasteiger partial charge < -0.3 is 10.4 Å². The number of hydrogen-bond donors (Lipinski definition) is 2. The third-order valence-corrected chi connectivity index (χ3v) is 4.02. The predicted octanol–water partition coefficient (Wildman–Crippen LogP) is 1.80. The Morgan fingerprint density at radius 2 is 2.32 bits per heavy atom. The SMILES string of the molecule is CSc1ccccc1NC(=O)CN1CCCC(O)C1. The quantitative estimate of drug-likeness (QED) is 0.826. The molecule has 4 nitrogen and oxygen atoms in total. The highest BCUT2D eigenvalue weighted by atomic mass is 32.2. The van der Waals surface area contributed by atoms with E-state index >= 15 is 0 Å². The maximum absolute atomic E-state index is 12.0. The lowest BCUT2D eigenvalue weighted by Gasteiger charge is -2.29. The van der Waals surface area contributed by atoms with Gasteiger partial charge in [-0.25, -0.2) is 0 Å². The van der Waals surface area contributed by atoms with Gasteiger partial charge in [0.15, 0.2) is 0 Å². The van der Waals surface area contributed by atoms with Crippen molar-refractivity contribution in [2.45, 2.75) is 23.8 Å². The highest BCUT2D eigenvalue weighted by Crippen LogP contribution is 2.24. The van der Waals surface area contributed by atoms with Crippen molar-refractivity contribution in [3.05, 3.63) is 24.3 Å². The average molecular weight is 280 g/mol. The molecule has 1 aromatic carbocycles. The fraction of sp³-hybridized carbons (Fsp3) is 0.500. The Hall–Kier alpha value is -1.04. The Kier molecular flexibility index (Phi) is 5.24. The van der Waals surface area contributed by atoms with Crippen LogP contribution < -0.4 is 5.32 Å². The van der Waals surface area contributed by atoms with Crippen molar-refractivity contribution in [2.24, 2.45) is 0 Å². The molecule has 2 N–H and O–H groups in total. The van der Waals surface area contributed by atoms with Crippen LogP contribution in [0.5, 0.6) is 0 Å². The number of thioether (sulfide) groups is 1. The smallest absolute Gasteiger partial charge is 0.238 e. The van der Waals surface area contributed by atoms with Crippen molar-refractivity contribution >= 4 is 23.4 Å². The molecule has 1 aliphatic heterocycles. The van der Waals surface area contributed by atoms with E-state index in [9.17, 15) is 9.90 Å². The van der Waals surface area contributed by atoms with Gasteiger partial charge in [-0.05, 0) is 37.8 Å². The number of likely N-dealkylation sites (tertiary alicyclic amines) is 1. The third-order valence-electron chi connectivity index (χ3n) is 3.23. The van der Waals surface area contributed by atoms with E-state index in [-0.39, 0.29) is 12.0 Å². The van der Waals surface area contributed by atoms with Gasteiger partial charge in [0.1, 0.15) is 0 Å². The normalized spacial score (nSPS) is 20.2. The molecular formula is C14H20N2O2S. The Labute approximate surface area is 118 Å². The highest BCUT2D eigenvalue weighted by molar-refractivity contribution is 7.98. The van der Waals surface area contributed by atoms with Crippen LogP contribution in [-0.4, -0.2) is 47.9 Å². The first-order valence-corrected chi connectivity index (χ1v) is 7.75. The van der Waals surface area contributed by atoms with Gasteiger partial charge >= 0.3 is 0 Å².